The van der Waals surface area contributed by atoms with Crippen molar-refractivity contribution >= 4 is 17.8 Å². The Balaban J connectivity index is 0.000000276. The number of aliphatic carboxylic acids is 2. The highest BCUT2D eigenvalue weighted by Gasteiger charge is 2.53. The highest BCUT2D eigenvalue weighted by Crippen LogP contribution is 2.52. The van der Waals surface area contributed by atoms with Gasteiger partial charge in [-0.25, -0.2) is 14.6 Å². The van der Waals surface area contributed by atoms with Gasteiger partial charge in [-0.2, -0.15) is 26.3 Å². The molecular weight excluding hydrogens is 564 g/mol. The summed E-state index contributed by atoms with van der Waals surface area (Å²) in [5.41, 5.74) is 2.62. The number of carboxylic acids is 2. The second-order valence-corrected chi connectivity index (χ2v) is 9.58. The summed E-state index contributed by atoms with van der Waals surface area (Å²) >= 11 is 0. The van der Waals surface area contributed by atoms with Crippen LogP contribution < -0.4 is 10.2 Å². The van der Waals surface area contributed by atoms with Gasteiger partial charge in [0.05, 0.1) is 18.3 Å². The van der Waals surface area contributed by atoms with Gasteiger partial charge in [-0.1, -0.05) is 24.3 Å². The van der Waals surface area contributed by atoms with Crippen molar-refractivity contribution in [2.24, 2.45) is 0 Å². The Kier molecular flexibility index (Phi) is 10.1. The zero-order chi connectivity index (χ0) is 30.4. The number of carbonyl (C=O) groups is 2. The number of anilines is 1. The van der Waals surface area contributed by atoms with Crippen LogP contribution in [0.5, 0.6) is 0 Å². The van der Waals surface area contributed by atoms with Gasteiger partial charge in [0, 0.05) is 44.0 Å². The molecule has 0 saturated carbocycles. The first kappa shape index (κ1) is 32.0. The second-order valence-electron chi connectivity index (χ2n) is 9.58. The lowest BCUT2D eigenvalue weighted by Gasteiger charge is -2.43. The number of halogens is 6. The highest BCUT2D eigenvalue weighted by atomic mass is 19.4. The molecule has 2 saturated heterocycles. The molecule has 0 unspecified atom stereocenters. The molecule has 2 aliphatic heterocycles. The number of nitrogens with zero attached hydrogens (tertiary/aromatic N) is 4. The Morgan fingerprint density at radius 2 is 1.44 bits per heavy atom. The summed E-state index contributed by atoms with van der Waals surface area (Å²) in [7, 11) is 0. The summed E-state index contributed by atoms with van der Waals surface area (Å²) in [4.78, 5) is 31.2. The van der Waals surface area contributed by atoms with Gasteiger partial charge in [0.25, 0.3) is 0 Å². The Morgan fingerprint density at radius 3 is 1.93 bits per heavy atom. The third-order valence-electron chi connectivity index (χ3n) is 7.24. The van der Waals surface area contributed by atoms with E-state index in [1.165, 1.54) is 11.1 Å². The lowest BCUT2D eigenvalue weighted by molar-refractivity contribution is -0.193. The number of piperidine rings is 1. The van der Waals surface area contributed by atoms with Gasteiger partial charge in [-0.15, -0.1) is 0 Å². The zero-order valence-corrected chi connectivity index (χ0v) is 21.6. The summed E-state index contributed by atoms with van der Waals surface area (Å²) in [5.74, 6) is -4.57. The molecule has 2 atom stereocenters. The molecule has 0 amide bonds. The smallest absolute Gasteiger partial charge is 0.475 e. The summed E-state index contributed by atoms with van der Waals surface area (Å²) in [5, 5.41) is 29.2. The molecule has 2 aromatic rings. The Bertz CT molecular complexity index is 1150. The van der Waals surface area contributed by atoms with E-state index < -0.39 is 24.3 Å². The van der Waals surface area contributed by atoms with Crippen molar-refractivity contribution in [3.05, 3.63) is 54.0 Å². The normalized spacial score (nSPS) is 22.1. The fourth-order valence-corrected chi connectivity index (χ4v) is 5.36. The number of hydrogen-bond donors (Lipinski definition) is 4. The first-order valence-corrected chi connectivity index (χ1v) is 12.5. The molecule has 3 heterocycles. The quantitative estimate of drug-likeness (QED) is 0.385. The molecule has 5 rings (SSSR count). The van der Waals surface area contributed by atoms with Gasteiger partial charge in [0.2, 0.25) is 0 Å². The number of aliphatic hydroxyl groups is 1. The van der Waals surface area contributed by atoms with E-state index in [4.69, 9.17) is 19.8 Å². The van der Waals surface area contributed by atoms with E-state index in [1.54, 1.807) is 12.4 Å². The van der Waals surface area contributed by atoms with Crippen LogP contribution in [-0.2, 0) is 15.0 Å². The first-order valence-electron chi connectivity index (χ1n) is 12.5. The number of hydrogen-bond acceptors (Lipinski definition) is 8. The molecule has 2 fully saturated rings. The number of alkyl halides is 6. The maximum Gasteiger partial charge on any atom is 0.490 e. The van der Waals surface area contributed by atoms with Crippen LogP contribution in [0, 0.1) is 0 Å². The van der Waals surface area contributed by atoms with Crippen LogP contribution in [0.25, 0.3) is 0 Å². The van der Waals surface area contributed by atoms with Crippen molar-refractivity contribution in [1.29, 1.82) is 0 Å². The molecular formula is C25H29F6N5O5. The van der Waals surface area contributed by atoms with Gasteiger partial charge >= 0.3 is 24.3 Å². The molecule has 1 aromatic heterocycles. The topological polar surface area (TPSA) is 139 Å². The maximum absolute atomic E-state index is 11.5. The summed E-state index contributed by atoms with van der Waals surface area (Å²) < 4.78 is 63.5. The van der Waals surface area contributed by atoms with E-state index in [9.17, 15) is 31.4 Å². The fourth-order valence-electron chi connectivity index (χ4n) is 5.36. The lowest BCUT2D eigenvalue weighted by atomic mass is 9.72. The van der Waals surface area contributed by atoms with Gasteiger partial charge in [0.15, 0.2) is 0 Å². The molecule has 1 aliphatic carbocycles. The van der Waals surface area contributed by atoms with Crippen LogP contribution in [0.15, 0.2) is 42.9 Å². The third-order valence-corrected chi connectivity index (χ3v) is 7.24. The summed E-state index contributed by atoms with van der Waals surface area (Å²) in [6.07, 6.45) is -3.18. The minimum atomic E-state index is -5.08. The van der Waals surface area contributed by atoms with Crippen molar-refractivity contribution in [1.82, 2.24) is 20.2 Å². The van der Waals surface area contributed by atoms with Crippen molar-refractivity contribution in [3.8, 4) is 0 Å². The maximum atomic E-state index is 11.5. The van der Waals surface area contributed by atoms with E-state index >= 15 is 0 Å². The van der Waals surface area contributed by atoms with E-state index in [2.05, 4.69) is 49.4 Å². The number of nitrogens with one attached hydrogen (secondary N) is 1. The van der Waals surface area contributed by atoms with Crippen molar-refractivity contribution in [3.63, 3.8) is 0 Å². The van der Waals surface area contributed by atoms with Crippen LogP contribution in [-0.4, -0.2) is 99.9 Å². The van der Waals surface area contributed by atoms with Crippen molar-refractivity contribution in [2.45, 2.75) is 42.8 Å². The standard InChI is InChI=1S/C21H27N5O.2C2HF3O2/c27-20-19(26-13-11-25(12-14-26)18-15-23-9-10-24-18)16-3-1-2-4-17(16)21(20)5-7-22-8-6-21;2*3-2(4,5)1(6)7/h1-4,9-10,15,19-20,22,27H,5-8,11-14H2;2*(H,6,7)/t19-,20+;;/m1../s1. The molecule has 10 nitrogen and oxygen atoms in total. The number of aromatic nitrogens is 2. The molecule has 16 heteroatoms. The minimum Gasteiger partial charge on any atom is -0.475 e. The minimum absolute atomic E-state index is 0.0887. The number of fused-ring (bicyclic) bond motifs is 2. The number of aliphatic hydroxyl groups excluding tert-OH is 1. The van der Waals surface area contributed by atoms with E-state index in [-0.39, 0.29) is 17.6 Å². The van der Waals surface area contributed by atoms with Crippen molar-refractivity contribution in [2.75, 3.05) is 44.2 Å². The van der Waals surface area contributed by atoms with E-state index in [0.717, 1.165) is 57.9 Å². The number of piperazine rings is 1. The predicted octanol–water partition coefficient (Wildman–Crippen LogP) is 2.60. The molecule has 41 heavy (non-hydrogen) atoms. The lowest BCUT2D eigenvalue weighted by Crippen LogP contribution is -2.53. The Labute approximate surface area is 230 Å². The molecule has 226 valence electrons. The number of carboxylic acid groups (broad SMARTS) is 2. The summed E-state index contributed by atoms with van der Waals surface area (Å²) in [6, 6.07) is 8.83. The molecule has 4 N–H and O–H groups in total. The van der Waals surface area contributed by atoms with Gasteiger partial charge < -0.3 is 25.5 Å². The fraction of sp³-hybridized carbons (Fsp3) is 0.520. The average molecular weight is 594 g/mol. The predicted molar refractivity (Wildman–Crippen MR) is 132 cm³/mol. The summed E-state index contributed by atoms with van der Waals surface area (Å²) in [6.45, 7) is 5.66. The number of rotatable bonds is 2. The highest BCUT2D eigenvalue weighted by molar-refractivity contribution is 5.73. The third kappa shape index (κ3) is 7.62. The molecule has 0 bridgehead atoms. The molecule has 3 aliphatic rings. The van der Waals surface area contributed by atoms with Crippen LogP contribution >= 0.6 is 0 Å². The average Bonchev–Trinajstić information content (AvgIpc) is 3.16. The largest absolute Gasteiger partial charge is 0.490 e. The Morgan fingerprint density at radius 1 is 0.902 bits per heavy atom. The SMILES string of the molecule is O=C(O)C(F)(F)F.O=C(O)C(F)(F)F.O[C@H]1[C@H](N2CCN(c3cnccn3)CC2)c2ccccc2C12CCNCC2. The van der Waals surface area contributed by atoms with Crippen molar-refractivity contribution < 1.29 is 51.3 Å². The van der Waals surface area contributed by atoms with Crippen LogP contribution in [0.2, 0.25) is 0 Å². The first-order chi connectivity index (χ1) is 19.2. The second kappa shape index (κ2) is 13.0. The Hall–Kier alpha value is -3.50. The molecule has 1 spiro atoms. The van der Waals surface area contributed by atoms with Crippen LogP contribution in [0.3, 0.4) is 0 Å². The van der Waals surface area contributed by atoms with Gasteiger partial charge in [-0.3, -0.25) is 9.88 Å². The molecule has 1 aromatic carbocycles. The van der Waals surface area contributed by atoms with Crippen LogP contribution in [0.1, 0.15) is 30.0 Å². The van der Waals surface area contributed by atoms with E-state index in [1.807, 2.05) is 6.20 Å². The van der Waals surface area contributed by atoms with Crippen LogP contribution in [0.4, 0.5) is 32.2 Å². The van der Waals surface area contributed by atoms with E-state index in [0.29, 0.717) is 0 Å². The van der Waals surface area contributed by atoms with Gasteiger partial charge in [0.1, 0.15) is 5.82 Å². The monoisotopic (exact) mass is 593 g/mol. The van der Waals surface area contributed by atoms with Gasteiger partial charge in [-0.05, 0) is 37.1 Å². The zero-order valence-electron chi connectivity index (χ0n) is 21.6. The number of benzene rings is 1. The molecule has 0 radical (unpaired) electrons.